The molecule has 0 aromatic carbocycles. The van der Waals surface area contributed by atoms with Crippen molar-refractivity contribution in [2.75, 3.05) is 20.3 Å². The normalized spacial score (nSPS) is 24.4. The summed E-state index contributed by atoms with van der Waals surface area (Å²) in [7, 11) is 1.68. The second-order valence-electron chi connectivity index (χ2n) is 4.40. The van der Waals surface area contributed by atoms with Crippen molar-refractivity contribution in [1.29, 1.82) is 0 Å². The first-order chi connectivity index (χ1) is 8.21. The summed E-state index contributed by atoms with van der Waals surface area (Å²) in [5, 5.41) is 8.36. The Balaban J connectivity index is 2.29. The lowest BCUT2D eigenvalue weighted by atomic mass is 10.0. The average molecular weight is 260 g/mol. The van der Waals surface area contributed by atoms with Crippen LogP contribution in [-0.4, -0.2) is 35.1 Å². The Kier molecular flexibility index (Phi) is 4.01. The summed E-state index contributed by atoms with van der Waals surface area (Å²) < 4.78 is 12.9. The van der Waals surface area contributed by atoms with Gasteiger partial charge in [-0.3, -0.25) is 0 Å². The Morgan fingerprint density at radius 3 is 2.94 bits per heavy atom. The van der Waals surface area contributed by atoms with E-state index in [0.717, 1.165) is 31.1 Å². The zero-order valence-electron chi connectivity index (χ0n) is 10.3. The zero-order chi connectivity index (χ0) is 12.3. The van der Waals surface area contributed by atoms with E-state index in [1.807, 2.05) is 4.57 Å². The van der Waals surface area contributed by atoms with Crippen LogP contribution in [-0.2, 0) is 27.5 Å². The minimum atomic E-state index is -0.328. The Morgan fingerprint density at radius 2 is 2.35 bits per heavy atom. The molecule has 1 unspecified atom stereocenters. The molecule has 2 rings (SSSR count). The van der Waals surface area contributed by atoms with Crippen LogP contribution in [0, 0.1) is 0 Å². The van der Waals surface area contributed by atoms with Crippen molar-refractivity contribution >= 4 is 11.6 Å². The molecule has 0 radical (unpaired) electrons. The Morgan fingerprint density at radius 1 is 1.53 bits per heavy atom. The maximum atomic E-state index is 5.87. The minimum Gasteiger partial charge on any atom is -0.383 e. The average Bonchev–Trinajstić information content (AvgIpc) is 2.93. The number of halogens is 1. The van der Waals surface area contributed by atoms with Crippen molar-refractivity contribution in [2.24, 2.45) is 0 Å². The SMILES string of the molecule is COCCn1c(CCl)nnc1C1(C)CCCO1. The van der Waals surface area contributed by atoms with Crippen molar-refractivity contribution in [1.82, 2.24) is 14.8 Å². The summed E-state index contributed by atoms with van der Waals surface area (Å²) in [6.07, 6.45) is 2.03. The van der Waals surface area contributed by atoms with Crippen LogP contribution in [0.15, 0.2) is 0 Å². The standard InChI is InChI=1S/C11H18ClN3O2/c1-11(4-3-6-17-11)10-14-13-9(8-12)15(10)5-7-16-2/h3-8H2,1-2H3. The maximum Gasteiger partial charge on any atom is 0.165 e. The summed E-state index contributed by atoms with van der Waals surface area (Å²) in [4.78, 5) is 0. The van der Waals surface area contributed by atoms with Gasteiger partial charge in [0.15, 0.2) is 5.82 Å². The highest BCUT2D eigenvalue weighted by atomic mass is 35.5. The van der Waals surface area contributed by atoms with Gasteiger partial charge in [-0.2, -0.15) is 0 Å². The lowest BCUT2D eigenvalue weighted by Gasteiger charge is -2.23. The molecule has 1 aliphatic rings. The van der Waals surface area contributed by atoms with Crippen molar-refractivity contribution in [3.05, 3.63) is 11.6 Å². The van der Waals surface area contributed by atoms with Gasteiger partial charge in [-0.05, 0) is 19.8 Å². The van der Waals surface area contributed by atoms with Gasteiger partial charge in [0.05, 0.1) is 12.5 Å². The van der Waals surface area contributed by atoms with E-state index in [1.54, 1.807) is 7.11 Å². The van der Waals surface area contributed by atoms with Gasteiger partial charge >= 0.3 is 0 Å². The Bertz CT molecular complexity index is 375. The van der Waals surface area contributed by atoms with E-state index in [1.165, 1.54) is 0 Å². The highest BCUT2D eigenvalue weighted by molar-refractivity contribution is 6.16. The van der Waals surface area contributed by atoms with E-state index in [2.05, 4.69) is 17.1 Å². The number of alkyl halides is 1. The third-order valence-corrected chi connectivity index (χ3v) is 3.40. The van der Waals surface area contributed by atoms with Crippen LogP contribution < -0.4 is 0 Å². The molecule has 0 aliphatic carbocycles. The van der Waals surface area contributed by atoms with Gasteiger partial charge in [-0.25, -0.2) is 0 Å². The molecule has 6 heteroatoms. The molecule has 0 N–H and O–H groups in total. The molecule has 1 aromatic rings. The van der Waals surface area contributed by atoms with Crippen molar-refractivity contribution in [3.8, 4) is 0 Å². The number of nitrogens with zero attached hydrogens (tertiary/aromatic N) is 3. The molecule has 0 spiro atoms. The number of ether oxygens (including phenoxy) is 2. The molecule has 5 nitrogen and oxygen atoms in total. The molecule has 1 aliphatic heterocycles. The fraction of sp³-hybridized carbons (Fsp3) is 0.818. The number of methoxy groups -OCH3 is 1. The van der Waals surface area contributed by atoms with E-state index < -0.39 is 0 Å². The smallest absolute Gasteiger partial charge is 0.165 e. The van der Waals surface area contributed by atoms with Crippen LogP contribution in [0.1, 0.15) is 31.4 Å². The van der Waals surface area contributed by atoms with E-state index in [-0.39, 0.29) is 5.60 Å². The van der Waals surface area contributed by atoms with Gasteiger partial charge in [-0.15, -0.1) is 21.8 Å². The van der Waals surface area contributed by atoms with Gasteiger partial charge in [0, 0.05) is 20.3 Å². The van der Waals surface area contributed by atoms with E-state index in [9.17, 15) is 0 Å². The third-order valence-electron chi connectivity index (χ3n) is 3.16. The van der Waals surface area contributed by atoms with E-state index in [0.29, 0.717) is 19.0 Å². The summed E-state index contributed by atoms with van der Waals surface area (Å²) >= 11 is 5.87. The molecule has 0 bridgehead atoms. The summed E-state index contributed by atoms with van der Waals surface area (Å²) in [6.45, 7) is 4.17. The number of rotatable bonds is 5. The molecule has 17 heavy (non-hydrogen) atoms. The Labute approximate surface area is 106 Å². The van der Waals surface area contributed by atoms with Crippen LogP contribution in [0.2, 0.25) is 0 Å². The molecule has 1 aromatic heterocycles. The minimum absolute atomic E-state index is 0.328. The highest BCUT2D eigenvalue weighted by Crippen LogP contribution is 2.34. The fourth-order valence-electron chi connectivity index (χ4n) is 2.20. The number of hydrogen-bond acceptors (Lipinski definition) is 4. The van der Waals surface area contributed by atoms with Gasteiger partial charge in [0.2, 0.25) is 0 Å². The molecule has 1 saturated heterocycles. The largest absolute Gasteiger partial charge is 0.383 e. The van der Waals surface area contributed by atoms with E-state index >= 15 is 0 Å². The lowest BCUT2D eigenvalue weighted by Crippen LogP contribution is -2.26. The molecular weight excluding hydrogens is 242 g/mol. The van der Waals surface area contributed by atoms with E-state index in [4.69, 9.17) is 21.1 Å². The number of aromatic nitrogens is 3. The summed E-state index contributed by atoms with van der Waals surface area (Å²) in [6, 6.07) is 0. The van der Waals surface area contributed by atoms with Crippen molar-refractivity contribution < 1.29 is 9.47 Å². The molecule has 0 saturated carbocycles. The van der Waals surface area contributed by atoms with Gasteiger partial charge < -0.3 is 14.0 Å². The predicted octanol–water partition coefficient (Wildman–Crippen LogP) is 1.69. The fourth-order valence-corrected chi connectivity index (χ4v) is 2.40. The molecule has 96 valence electrons. The highest BCUT2D eigenvalue weighted by Gasteiger charge is 2.37. The van der Waals surface area contributed by atoms with Crippen LogP contribution >= 0.6 is 11.6 Å². The predicted molar refractivity (Wildman–Crippen MR) is 64.0 cm³/mol. The second kappa shape index (κ2) is 5.33. The first-order valence-corrected chi connectivity index (χ1v) is 6.36. The Hall–Kier alpha value is -0.650. The van der Waals surface area contributed by atoms with Crippen LogP contribution in [0.5, 0.6) is 0 Å². The first-order valence-electron chi connectivity index (χ1n) is 5.82. The molecule has 1 atom stereocenters. The van der Waals surface area contributed by atoms with Crippen molar-refractivity contribution in [3.63, 3.8) is 0 Å². The molecule has 0 amide bonds. The second-order valence-corrected chi connectivity index (χ2v) is 4.67. The quantitative estimate of drug-likeness (QED) is 0.755. The van der Waals surface area contributed by atoms with Gasteiger partial charge in [-0.1, -0.05) is 0 Å². The van der Waals surface area contributed by atoms with Crippen LogP contribution in [0.3, 0.4) is 0 Å². The molecule has 1 fully saturated rings. The van der Waals surface area contributed by atoms with Crippen LogP contribution in [0.25, 0.3) is 0 Å². The summed E-state index contributed by atoms with van der Waals surface area (Å²) in [5.41, 5.74) is -0.328. The van der Waals surface area contributed by atoms with Gasteiger partial charge in [0.1, 0.15) is 11.4 Å². The number of hydrogen-bond donors (Lipinski definition) is 0. The topological polar surface area (TPSA) is 49.2 Å². The first kappa shape index (κ1) is 12.8. The van der Waals surface area contributed by atoms with Crippen molar-refractivity contribution in [2.45, 2.75) is 37.8 Å². The lowest BCUT2D eigenvalue weighted by molar-refractivity contribution is 0.00528. The monoisotopic (exact) mass is 259 g/mol. The third kappa shape index (κ3) is 2.46. The van der Waals surface area contributed by atoms with Gasteiger partial charge in [0.25, 0.3) is 0 Å². The summed E-state index contributed by atoms with van der Waals surface area (Å²) in [5.74, 6) is 1.99. The van der Waals surface area contributed by atoms with Crippen LogP contribution in [0.4, 0.5) is 0 Å². The molecular formula is C11H18ClN3O2. The zero-order valence-corrected chi connectivity index (χ0v) is 11.0. The molecule has 2 heterocycles. The maximum absolute atomic E-state index is 5.87.